The Bertz CT molecular complexity index is 75.3. The summed E-state index contributed by atoms with van der Waals surface area (Å²) in [5, 5.41) is 0. The maximum Gasteiger partial charge on any atom is 0.265 e. The van der Waals surface area contributed by atoms with Crippen LogP contribution in [0.3, 0.4) is 0 Å². The molecule has 7 heavy (non-hydrogen) atoms. The summed E-state index contributed by atoms with van der Waals surface area (Å²) in [4.78, 5) is 0. The number of alkyl halides is 1. The second-order valence-corrected chi connectivity index (χ2v) is 1.25. The van der Waals surface area contributed by atoms with Crippen LogP contribution in [-0.2, 0) is 15.5 Å². The Hall–Kier alpha value is -0.0400. The fourth-order valence-electron chi connectivity index (χ4n) is 0.0751. The van der Waals surface area contributed by atoms with Gasteiger partial charge >= 0.3 is 0 Å². The Kier molecular flexibility index (Phi) is 3.01. The van der Waals surface area contributed by atoms with Gasteiger partial charge in [0.2, 0.25) is 0 Å². The average Bonchev–Trinajstić information content (AvgIpc) is 1.27. The Morgan fingerprint density at radius 2 is 2.43 bits per heavy atom. The molecule has 4 nitrogen and oxygen atoms in total. The number of halogens is 1. The standard InChI is InChI=1S/CH4FNO3S/c2-1(3)6-7(4)5/h1H,3H2,(H,4,5)/p-1. The molecule has 0 spiro atoms. The summed E-state index contributed by atoms with van der Waals surface area (Å²) >= 11 is -2.85. The van der Waals surface area contributed by atoms with Gasteiger partial charge in [-0.15, -0.1) is 0 Å². The van der Waals surface area contributed by atoms with Crippen molar-refractivity contribution in [1.29, 1.82) is 0 Å². The van der Waals surface area contributed by atoms with Crippen molar-refractivity contribution in [2.75, 3.05) is 0 Å². The van der Waals surface area contributed by atoms with Gasteiger partial charge in [0.1, 0.15) is 0 Å². The van der Waals surface area contributed by atoms with Gasteiger partial charge < -0.3 is 4.55 Å². The Morgan fingerprint density at radius 3 is 2.43 bits per heavy atom. The first kappa shape index (κ1) is 6.96. The fourth-order valence-corrected chi connectivity index (χ4v) is 0.225. The van der Waals surface area contributed by atoms with E-state index in [2.05, 4.69) is 9.92 Å². The molecule has 2 atom stereocenters. The predicted octanol–water partition coefficient (Wildman–Crippen LogP) is -0.991. The zero-order valence-electron chi connectivity index (χ0n) is 3.17. The van der Waals surface area contributed by atoms with E-state index in [1.54, 1.807) is 0 Å². The lowest BCUT2D eigenvalue weighted by atomic mass is 11.3. The lowest BCUT2D eigenvalue weighted by molar-refractivity contribution is 0.0780. The minimum atomic E-state index is -2.85. The lowest BCUT2D eigenvalue weighted by Crippen LogP contribution is -2.18. The van der Waals surface area contributed by atoms with Crippen molar-refractivity contribution in [3.05, 3.63) is 0 Å². The Balaban J connectivity index is 3.13. The van der Waals surface area contributed by atoms with Gasteiger partial charge in [0.25, 0.3) is 6.48 Å². The molecule has 0 amide bonds. The van der Waals surface area contributed by atoms with Crippen LogP contribution in [0, 0.1) is 0 Å². The molecule has 0 heterocycles. The van der Waals surface area contributed by atoms with Gasteiger partial charge in [-0.2, -0.15) is 4.39 Å². The molecular weight excluding hydrogens is 125 g/mol. The summed E-state index contributed by atoms with van der Waals surface area (Å²) in [6.45, 7) is -2.24. The summed E-state index contributed by atoms with van der Waals surface area (Å²) in [6.07, 6.45) is 0. The highest BCUT2D eigenvalue weighted by Crippen LogP contribution is 1.83. The van der Waals surface area contributed by atoms with Crippen molar-refractivity contribution < 1.29 is 17.3 Å². The zero-order valence-corrected chi connectivity index (χ0v) is 3.98. The van der Waals surface area contributed by atoms with Crippen molar-refractivity contribution >= 4 is 11.4 Å². The normalized spacial score (nSPS) is 18.7. The molecule has 0 rings (SSSR count). The van der Waals surface area contributed by atoms with Crippen LogP contribution in [0.5, 0.6) is 0 Å². The molecule has 0 fully saturated rings. The van der Waals surface area contributed by atoms with E-state index >= 15 is 0 Å². The molecule has 2 unspecified atom stereocenters. The number of hydrogen-bond donors (Lipinski definition) is 1. The quantitative estimate of drug-likeness (QED) is 0.294. The summed E-state index contributed by atoms with van der Waals surface area (Å²) in [5.74, 6) is 0. The van der Waals surface area contributed by atoms with Crippen molar-refractivity contribution in [2.45, 2.75) is 6.48 Å². The van der Waals surface area contributed by atoms with Crippen LogP contribution < -0.4 is 5.73 Å². The molecule has 0 aliphatic heterocycles. The molecule has 0 radical (unpaired) electrons. The predicted molar refractivity (Wildman–Crippen MR) is 19.1 cm³/mol. The highest BCUT2D eigenvalue weighted by atomic mass is 32.2. The van der Waals surface area contributed by atoms with Gasteiger partial charge in [0.05, 0.1) is 11.4 Å². The molecule has 0 aliphatic rings. The monoisotopic (exact) mass is 128 g/mol. The van der Waals surface area contributed by atoms with E-state index < -0.39 is 17.8 Å². The first-order chi connectivity index (χ1) is 3.13. The molecule has 44 valence electrons. The van der Waals surface area contributed by atoms with Crippen LogP contribution in [0.25, 0.3) is 0 Å². The molecule has 0 aromatic rings. The van der Waals surface area contributed by atoms with Gasteiger partial charge in [0, 0.05) is 0 Å². The van der Waals surface area contributed by atoms with E-state index in [0.717, 1.165) is 0 Å². The van der Waals surface area contributed by atoms with Crippen LogP contribution in [0.4, 0.5) is 4.39 Å². The van der Waals surface area contributed by atoms with Crippen LogP contribution in [0.2, 0.25) is 0 Å². The van der Waals surface area contributed by atoms with Crippen molar-refractivity contribution in [1.82, 2.24) is 0 Å². The molecule has 0 saturated heterocycles. The molecule has 0 aromatic carbocycles. The number of hydrogen-bond acceptors (Lipinski definition) is 4. The van der Waals surface area contributed by atoms with E-state index in [-0.39, 0.29) is 0 Å². The van der Waals surface area contributed by atoms with Crippen molar-refractivity contribution in [3.63, 3.8) is 0 Å². The van der Waals surface area contributed by atoms with Gasteiger partial charge in [-0.1, -0.05) is 0 Å². The first-order valence-corrected chi connectivity index (χ1v) is 2.29. The third-order valence-corrected chi connectivity index (χ3v) is 0.511. The van der Waals surface area contributed by atoms with Crippen LogP contribution in [0.15, 0.2) is 0 Å². The third-order valence-electron chi connectivity index (χ3n) is 0.170. The molecular formula is CH3FNO3S-. The average molecular weight is 128 g/mol. The maximum atomic E-state index is 11.1. The summed E-state index contributed by atoms with van der Waals surface area (Å²) in [6, 6.07) is 0. The van der Waals surface area contributed by atoms with E-state index in [4.69, 9.17) is 0 Å². The van der Waals surface area contributed by atoms with Crippen LogP contribution in [-0.4, -0.2) is 15.2 Å². The maximum absolute atomic E-state index is 11.1. The SMILES string of the molecule is NC(F)OS(=O)[O-]. The zero-order chi connectivity index (χ0) is 5.86. The van der Waals surface area contributed by atoms with Crippen LogP contribution >= 0.6 is 0 Å². The second kappa shape index (κ2) is 3.03. The summed E-state index contributed by atoms with van der Waals surface area (Å²) in [7, 11) is 0. The van der Waals surface area contributed by atoms with E-state index in [9.17, 15) is 13.2 Å². The fraction of sp³-hybridized carbons (Fsp3) is 1.00. The molecule has 0 aliphatic carbocycles. The van der Waals surface area contributed by atoms with Gasteiger partial charge in [-0.05, 0) is 0 Å². The molecule has 0 bridgehead atoms. The smallest absolute Gasteiger partial charge is 0.265 e. The van der Waals surface area contributed by atoms with E-state index in [0.29, 0.717) is 0 Å². The second-order valence-electron chi connectivity index (χ2n) is 0.652. The van der Waals surface area contributed by atoms with E-state index in [1.807, 2.05) is 0 Å². The number of rotatable bonds is 2. The Labute approximate surface area is 41.9 Å². The Morgan fingerprint density at radius 1 is 2.00 bits per heavy atom. The highest BCUT2D eigenvalue weighted by molar-refractivity contribution is 7.74. The van der Waals surface area contributed by atoms with Gasteiger partial charge in [-0.25, -0.2) is 8.39 Å². The topological polar surface area (TPSA) is 75.4 Å². The summed E-state index contributed by atoms with van der Waals surface area (Å²) in [5.41, 5.74) is 4.21. The molecule has 2 N–H and O–H groups in total. The highest BCUT2D eigenvalue weighted by Gasteiger charge is 1.93. The van der Waals surface area contributed by atoms with E-state index in [1.165, 1.54) is 0 Å². The van der Waals surface area contributed by atoms with Gasteiger partial charge in [-0.3, -0.25) is 5.73 Å². The van der Waals surface area contributed by atoms with Crippen molar-refractivity contribution in [3.8, 4) is 0 Å². The lowest BCUT2D eigenvalue weighted by Gasteiger charge is -2.03. The van der Waals surface area contributed by atoms with Gasteiger partial charge in [0.15, 0.2) is 0 Å². The van der Waals surface area contributed by atoms with Crippen molar-refractivity contribution in [2.24, 2.45) is 5.73 Å². The number of nitrogens with two attached hydrogens (primary N) is 1. The molecule has 6 heteroatoms. The minimum Gasteiger partial charge on any atom is -0.750 e. The molecule has 0 saturated carbocycles. The largest absolute Gasteiger partial charge is 0.750 e. The first-order valence-electron chi connectivity index (χ1n) is 1.29. The molecule has 0 aromatic heterocycles. The summed E-state index contributed by atoms with van der Waals surface area (Å²) < 4.78 is 32.9. The minimum absolute atomic E-state index is 2.24. The van der Waals surface area contributed by atoms with Crippen LogP contribution in [0.1, 0.15) is 0 Å². The third kappa shape index (κ3) is 5.96.